The molecule has 0 amide bonds. The SMILES string of the molecule is COC(=O)CC1(O)CCN(c2ccc(CN)cc2)CC1. The topological polar surface area (TPSA) is 75.8 Å². The Hall–Kier alpha value is -1.59. The second kappa shape index (κ2) is 6.24. The molecule has 1 aromatic rings. The van der Waals surface area contributed by atoms with Crippen molar-refractivity contribution in [2.24, 2.45) is 5.73 Å². The lowest BCUT2D eigenvalue weighted by Crippen LogP contribution is -2.45. The Balaban J connectivity index is 1.94. The molecule has 20 heavy (non-hydrogen) atoms. The van der Waals surface area contributed by atoms with Gasteiger partial charge in [0.1, 0.15) is 0 Å². The Morgan fingerprint density at radius 2 is 1.95 bits per heavy atom. The van der Waals surface area contributed by atoms with Gasteiger partial charge in [-0.05, 0) is 30.5 Å². The number of benzene rings is 1. The number of nitrogens with zero attached hydrogens (tertiary/aromatic N) is 1. The van der Waals surface area contributed by atoms with Gasteiger partial charge in [-0.25, -0.2) is 0 Å². The third kappa shape index (κ3) is 3.49. The van der Waals surface area contributed by atoms with E-state index in [9.17, 15) is 9.90 Å². The summed E-state index contributed by atoms with van der Waals surface area (Å²) in [6, 6.07) is 8.13. The van der Waals surface area contributed by atoms with Gasteiger partial charge in [-0.2, -0.15) is 0 Å². The van der Waals surface area contributed by atoms with Crippen molar-refractivity contribution >= 4 is 11.7 Å². The lowest BCUT2D eigenvalue weighted by Gasteiger charge is -2.38. The number of hydrogen-bond acceptors (Lipinski definition) is 5. The van der Waals surface area contributed by atoms with E-state index in [1.165, 1.54) is 7.11 Å². The van der Waals surface area contributed by atoms with Crippen molar-refractivity contribution in [2.75, 3.05) is 25.1 Å². The molecule has 0 unspecified atom stereocenters. The van der Waals surface area contributed by atoms with E-state index in [1.54, 1.807) is 0 Å². The second-order valence-electron chi connectivity index (χ2n) is 5.33. The monoisotopic (exact) mass is 278 g/mol. The molecule has 2 rings (SSSR count). The number of carbonyl (C=O) groups excluding carboxylic acids is 1. The van der Waals surface area contributed by atoms with Crippen LogP contribution in [0.5, 0.6) is 0 Å². The van der Waals surface area contributed by atoms with Crippen molar-refractivity contribution in [2.45, 2.75) is 31.4 Å². The Labute approximate surface area is 119 Å². The van der Waals surface area contributed by atoms with Gasteiger partial charge in [0.05, 0.1) is 19.1 Å². The predicted octanol–water partition coefficient (Wildman–Crippen LogP) is 1.04. The first-order chi connectivity index (χ1) is 9.56. The summed E-state index contributed by atoms with van der Waals surface area (Å²) in [4.78, 5) is 13.5. The van der Waals surface area contributed by atoms with E-state index in [0.29, 0.717) is 19.4 Å². The molecule has 1 aliphatic heterocycles. The molecule has 0 saturated carbocycles. The normalized spacial score (nSPS) is 17.9. The van der Waals surface area contributed by atoms with Crippen LogP contribution in [0.25, 0.3) is 0 Å². The standard InChI is InChI=1S/C15H22N2O3/c1-20-14(18)10-15(19)6-8-17(9-7-15)13-4-2-12(11-16)3-5-13/h2-5,19H,6-11,16H2,1H3. The fourth-order valence-electron chi connectivity index (χ4n) is 2.54. The maximum absolute atomic E-state index is 11.3. The number of carbonyl (C=O) groups is 1. The third-order valence-electron chi connectivity index (χ3n) is 3.93. The second-order valence-corrected chi connectivity index (χ2v) is 5.33. The summed E-state index contributed by atoms with van der Waals surface area (Å²) < 4.78 is 4.63. The van der Waals surface area contributed by atoms with Crippen LogP contribution in [-0.2, 0) is 16.1 Å². The molecule has 1 aliphatic rings. The number of aliphatic hydroxyl groups is 1. The molecular formula is C15H22N2O3. The smallest absolute Gasteiger partial charge is 0.308 e. The molecule has 1 saturated heterocycles. The van der Waals surface area contributed by atoms with E-state index in [2.05, 4.69) is 9.64 Å². The summed E-state index contributed by atoms with van der Waals surface area (Å²) in [5.74, 6) is -0.353. The molecule has 1 heterocycles. The average Bonchev–Trinajstić information content (AvgIpc) is 2.48. The summed E-state index contributed by atoms with van der Waals surface area (Å²) in [6.07, 6.45) is 1.21. The quantitative estimate of drug-likeness (QED) is 0.805. The Bertz CT molecular complexity index is 451. The van der Waals surface area contributed by atoms with Crippen LogP contribution in [-0.4, -0.2) is 36.9 Å². The summed E-state index contributed by atoms with van der Waals surface area (Å²) in [6.45, 7) is 2.00. The summed E-state index contributed by atoms with van der Waals surface area (Å²) in [5.41, 5.74) is 6.88. The fraction of sp³-hybridized carbons (Fsp3) is 0.533. The molecule has 0 radical (unpaired) electrons. The Morgan fingerprint density at radius 3 is 2.45 bits per heavy atom. The fourth-order valence-corrected chi connectivity index (χ4v) is 2.54. The van der Waals surface area contributed by atoms with E-state index < -0.39 is 5.60 Å². The van der Waals surface area contributed by atoms with Crippen LogP contribution < -0.4 is 10.6 Å². The lowest BCUT2D eigenvalue weighted by atomic mass is 9.88. The zero-order chi connectivity index (χ0) is 14.6. The Kier molecular flexibility index (Phi) is 4.62. The molecule has 5 heteroatoms. The van der Waals surface area contributed by atoms with Crippen LogP contribution in [0.1, 0.15) is 24.8 Å². The molecule has 1 fully saturated rings. The predicted molar refractivity (Wildman–Crippen MR) is 77.4 cm³/mol. The van der Waals surface area contributed by atoms with Crippen LogP contribution in [0.3, 0.4) is 0 Å². The Morgan fingerprint density at radius 1 is 1.35 bits per heavy atom. The summed E-state index contributed by atoms with van der Waals surface area (Å²) in [5, 5.41) is 10.4. The number of hydrogen-bond donors (Lipinski definition) is 2. The van der Waals surface area contributed by atoms with E-state index in [-0.39, 0.29) is 12.4 Å². The van der Waals surface area contributed by atoms with Gasteiger partial charge < -0.3 is 20.5 Å². The van der Waals surface area contributed by atoms with Gasteiger partial charge in [0.25, 0.3) is 0 Å². The number of anilines is 1. The van der Waals surface area contributed by atoms with Gasteiger partial charge in [-0.1, -0.05) is 12.1 Å². The number of nitrogens with two attached hydrogens (primary N) is 1. The molecular weight excluding hydrogens is 256 g/mol. The molecule has 5 nitrogen and oxygen atoms in total. The molecule has 0 aliphatic carbocycles. The highest BCUT2D eigenvalue weighted by Crippen LogP contribution is 2.29. The van der Waals surface area contributed by atoms with Crippen LogP contribution >= 0.6 is 0 Å². The van der Waals surface area contributed by atoms with Crippen LogP contribution in [0.2, 0.25) is 0 Å². The first-order valence-corrected chi connectivity index (χ1v) is 6.89. The molecule has 0 spiro atoms. The lowest BCUT2D eigenvalue weighted by molar-refractivity contribution is -0.147. The number of esters is 1. The summed E-state index contributed by atoms with van der Waals surface area (Å²) >= 11 is 0. The van der Waals surface area contributed by atoms with Crippen LogP contribution in [0, 0.1) is 0 Å². The maximum Gasteiger partial charge on any atom is 0.308 e. The molecule has 0 aromatic heterocycles. The van der Waals surface area contributed by atoms with Gasteiger partial charge in [0.15, 0.2) is 0 Å². The highest BCUT2D eigenvalue weighted by molar-refractivity contribution is 5.70. The highest BCUT2D eigenvalue weighted by Gasteiger charge is 2.34. The van der Waals surface area contributed by atoms with E-state index in [1.807, 2.05) is 24.3 Å². The van der Waals surface area contributed by atoms with Crippen molar-refractivity contribution in [1.29, 1.82) is 0 Å². The van der Waals surface area contributed by atoms with Gasteiger partial charge in [-0.15, -0.1) is 0 Å². The van der Waals surface area contributed by atoms with Crippen molar-refractivity contribution < 1.29 is 14.6 Å². The van der Waals surface area contributed by atoms with E-state index in [0.717, 1.165) is 24.3 Å². The number of methoxy groups -OCH3 is 1. The number of ether oxygens (including phenoxy) is 1. The number of piperidine rings is 1. The highest BCUT2D eigenvalue weighted by atomic mass is 16.5. The largest absolute Gasteiger partial charge is 0.469 e. The molecule has 110 valence electrons. The van der Waals surface area contributed by atoms with Gasteiger partial charge >= 0.3 is 5.97 Å². The third-order valence-corrected chi connectivity index (χ3v) is 3.93. The van der Waals surface area contributed by atoms with Crippen LogP contribution in [0.15, 0.2) is 24.3 Å². The van der Waals surface area contributed by atoms with Crippen molar-refractivity contribution in [3.8, 4) is 0 Å². The average molecular weight is 278 g/mol. The first kappa shape index (κ1) is 14.8. The first-order valence-electron chi connectivity index (χ1n) is 6.89. The van der Waals surface area contributed by atoms with Gasteiger partial charge in [0.2, 0.25) is 0 Å². The minimum atomic E-state index is -0.930. The minimum Gasteiger partial charge on any atom is -0.469 e. The van der Waals surface area contributed by atoms with Crippen molar-refractivity contribution in [3.05, 3.63) is 29.8 Å². The molecule has 0 atom stereocenters. The van der Waals surface area contributed by atoms with Crippen molar-refractivity contribution in [1.82, 2.24) is 0 Å². The molecule has 3 N–H and O–H groups in total. The van der Waals surface area contributed by atoms with E-state index in [4.69, 9.17) is 5.73 Å². The van der Waals surface area contributed by atoms with Gasteiger partial charge in [-0.3, -0.25) is 4.79 Å². The summed E-state index contributed by atoms with van der Waals surface area (Å²) in [7, 11) is 1.35. The minimum absolute atomic E-state index is 0.0729. The number of rotatable bonds is 4. The van der Waals surface area contributed by atoms with Crippen LogP contribution in [0.4, 0.5) is 5.69 Å². The van der Waals surface area contributed by atoms with E-state index >= 15 is 0 Å². The zero-order valence-corrected chi connectivity index (χ0v) is 11.8. The zero-order valence-electron chi connectivity index (χ0n) is 11.8. The van der Waals surface area contributed by atoms with Crippen molar-refractivity contribution in [3.63, 3.8) is 0 Å². The molecule has 0 bridgehead atoms. The molecule has 1 aromatic carbocycles. The maximum atomic E-state index is 11.3. The van der Waals surface area contributed by atoms with Gasteiger partial charge in [0, 0.05) is 25.3 Å².